The molecule has 2 N–H and O–H groups in total. The fraction of sp³-hybridized carbons (Fsp3) is 0.438. The summed E-state index contributed by atoms with van der Waals surface area (Å²) in [6, 6.07) is 10.2. The molecular weight excluding hydrogens is 318 g/mol. The van der Waals surface area contributed by atoms with Crippen LogP contribution >= 0.6 is 0 Å². The first-order valence-corrected chi connectivity index (χ1v) is 7.04. The molecule has 8 heteroatoms. The molecule has 0 saturated carbocycles. The Morgan fingerprint density at radius 2 is 1.75 bits per heavy atom. The number of rotatable bonds is 8. The van der Waals surface area contributed by atoms with E-state index in [0.29, 0.717) is 5.56 Å². The van der Waals surface area contributed by atoms with Gasteiger partial charge in [-0.1, -0.05) is 30.3 Å². The molecule has 0 aliphatic carbocycles. The Labute approximate surface area is 139 Å². The van der Waals surface area contributed by atoms with E-state index in [1.54, 1.807) is 30.3 Å². The van der Waals surface area contributed by atoms with E-state index in [4.69, 9.17) is 4.74 Å². The van der Waals surface area contributed by atoms with Crippen LogP contribution in [0.3, 0.4) is 0 Å². The normalized spacial score (nSPS) is 15.5. The number of esters is 2. The van der Waals surface area contributed by atoms with Crippen molar-refractivity contribution in [1.82, 2.24) is 0 Å². The molecule has 1 rings (SSSR count). The molecule has 0 aliphatic heterocycles. The van der Waals surface area contributed by atoms with Gasteiger partial charge in [0.15, 0.2) is 12.2 Å². The van der Waals surface area contributed by atoms with Gasteiger partial charge in [0.1, 0.15) is 12.0 Å². The molecule has 0 saturated heterocycles. The number of aliphatic hydroxyl groups is 2. The predicted molar refractivity (Wildman–Crippen MR) is 80.3 cm³/mol. The third-order valence-electron chi connectivity index (χ3n) is 3.36. The van der Waals surface area contributed by atoms with Crippen molar-refractivity contribution >= 4 is 11.9 Å². The van der Waals surface area contributed by atoms with Crippen molar-refractivity contribution < 1.29 is 34.0 Å². The summed E-state index contributed by atoms with van der Waals surface area (Å²) in [6.45, 7) is -0.752. The smallest absolute Gasteiger partial charge is 0.337 e. The molecule has 1 aromatic rings. The molecule has 0 bridgehead atoms. The third-order valence-corrected chi connectivity index (χ3v) is 3.36. The van der Waals surface area contributed by atoms with Crippen LogP contribution in [0.25, 0.3) is 0 Å². The summed E-state index contributed by atoms with van der Waals surface area (Å²) in [7, 11) is 2.14. The van der Waals surface area contributed by atoms with E-state index in [0.717, 1.165) is 14.2 Å². The molecule has 0 amide bonds. The summed E-state index contributed by atoms with van der Waals surface area (Å²) in [4.78, 5) is 23.4. The first kappa shape index (κ1) is 19.6. The molecule has 0 heterocycles. The van der Waals surface area contributed by atoms with Crippen molar-refractivity contribution in [3.63, 3.8) is 0 Å². The number of nitriles is 1. The highest BCUT2D eigenvalue weighted by atomic mass is 16.6. The minimum Gasteiger partial charge on any atom is -0.469 e. The Hall–Kier alpha value is -2.47. The van der Waals surface area contributed by atoms with Gasteiger partial charge in [-0.05, 0) is 5.56 Å². The molecular formula is C16H19NO7. The molecule has 0 radical (unpaired) electrons. The summed E-state index contributed by atoms with van der Waals surface area (Å²) < 4.78 is 14.5. The lowest BCUT2D eigenvalue weighted by Gasteiger charge is -2.28. The maximum atomic E-state index is 11.8. The molecule has 1 aromatic carbocycles. The van der Waals surface area contributed by atoms with Crippen molar-refractivity contribution in [2.45, 2.75) is 18.3 Å². The molecule has 0 unspecified atom stereocenters. The van der Waals surface area contributed by atoms with Crippen LogP contribution < -0.4 is 0 Å². The summed E-state index contributed by atoms with van der Waals surface area (Å²) in [6.07, 6.45) is -4.58. The van der Waals surface area contributed by atoms with Crippen LogP contribution in [0.4, 0.5) is 0 Å². The highest BCUT2D eigenvalue weighted by molar-refractivity contribution is 5.78. The van der Waals surface area contributed by atoms with Gasteiger partial charge in [0.2, 0.25) is 0 Å². The quantitative estimate of drug-likeness (QED) is 0.632. The van der Waals surface area contributed by atoms with E-state index in [1.807, 2.05) is 6.07 Å². The summed E-state index contributed by atoms with van der Waals surface area (Å²) in [5.41, 5.74) is 0.462. The number of methoxy groups -OCH3 is 2. The average Bonchev–Trinajstić information content (AvgIpc) is 2.64. The summed E-state index contributed by atoms with van der Waals surface area (Å²) in [5, 5.41) is 28.8. The number of nitrogens with zero attached hydrogens (tertiary/aromatic N) is 1. The number of ether oxygens (including phenoxy) is 3. The summed E-state index contributed by atoms with van der Waals surface area (Å²) in [5.74, 6) is -3.33. The zero-order valence-electron chi connectivity index (χ0n) is 13.3. The standard InChI is InChI=1S/C16H19NO7/c1-22-15(20)11(9-18)14(13(19)16(21)23-2)24-12(8-17)10-6-4-3-5-7-10/h3-7,11-14,18-19H,9H2,1-2H3/t11-,12-,13+,14-/m1/s1. The first-order chi connectivity index (χ1) is 11.5. The van der Waals surface area contributed by atoms with Crippen LogP contribution in [-0.2, 0) is 23.8 Å². The first-order valence-electron chi connectivity index (χ1n) is 7.04. The molecule has 0 aromatic heterocycles. The minimum atomic E-state index is -1.88. The van der Waals surface area contributed by atoms with Gasteiger partial charge < -0.3 is 24.4 Å². The van der Waals surface area contributed by atoms with Crippen molar-refractivity contribution in [2.24, 2.45) is 5.92 Å². The minimum absolute atomic E-state index is 0.462. The van der Waals surface area contributed by atoms with Gasteiger partial charge in [-0.15, -0.1) is 0 Å². The Bertz CT molecular complexity index is 584. The Balaban J connectivity index is 3.14. The van der Waals surface area contributed by atoms with Crippen molar-refractivity contribution in [3.05, 3.63) is 35.9 Å². The van der Waals surface area contributed by atoms with Crippen LogP contribution in [0.1, 0.15) is 11.7 Å². The maximum Gasteiger partial charge on any atom is 0.337 e. The topological polar surface area (TPSA) is 126 Å². The highest BCUT2D eigenvalue weighted by Gasteiger charge is 2.41. The van der Waals surface area contributed by atoms with Gasteiger partial charge >= 0.3 is 11.9 Å². The average molecular weight is 337 g/mol. The zero-order chi connectivity index (χ0) is 18.1. The van der Waals surface area contributed by atoms with Crippen LogP contribution in [-0.4, -0.2) is 55.2 Å². The van der Waals surface area contributed by atoms with Gasteiger partial charge in [0, 0.05) is 0 Å². The van der Waals surface area contributed by atoms with Gasteiger partial charge in [-0.25, -0.2) is 4.79 Å². The van der Waals surface area contributed by atoms with Crippen LogP contribution in [0.5, 0.6) is 0 Å². The second-order valence-electron chi connectivity index (χ2n) is 4.80. The lowest BCUT2D eigenvalue weighted by molar-refractivity contribution is -0.175. The van der Waals surface area contributed by atoms with Gasteiger partial charge in [-0.3, -0.25) is 4.79 Å². The van der Waals surface area contributed by atoms with E-state index in [9.17, 15) is 25.1 Å². The van der Waals surface area contributed by atoms with E-state index >= 15 is 0 Å². The second kappa shape index (κ2) is 9.62. The van der Waals surface area contributed by atoms with E-state index < -0.39 is 42.8 Å². The maximum absolute atomic E-state index is 11.8. The van der Waals surface area contributed by atoms with E-state index in [1.165, 1.54) is 0 Å². The zero-order valence-corrected chi connectivity index (χ0v) is 13.3. The monoisotopic (exact) mass is 337 g/mol. The SMILES string of the molecule is COC(=O)[C@@H](O)[C@H](O[C@H](C#N)c1ccccc1)[C@@H](CO)C(=O)OC. The predicted octanol–water partition coefficient (Wildman–Crippen LogP) is -0.0481. The Morgan fingerprint density at radius 3 is 2.21 bits per heavy atom. The van der Waals surface area contributed by atoms with Crippen LogP contribution in [0.2, 0.25) is 0 Å². The largest absolute Gasteiger partial charge is 0.469 e. The summed E-state index contributed by atoms with van der Waals surface area (Å²) >= 11 is 0. The van der Waals surface area contributed by atoms with E-state index in [-0.39, 0.29) is 0 Å². The van der Waals surface area contributed by atoms with Crippen molar-refractivity contribution in [2.75, 3.05) is 20.8 Å². The third kappa shape index (κ3) is 4.76. The van der Waals surface area contributed by atoms with Gasteiger partial charge in [0.05, 0.1) is 26.9 Å². The molecule has 0 aliphatic rings. The van der Waals surface area contributed by atoms with Crippen molar-refractivity contribution in [3.8, 4) is 6.07 Å². The second-order valence-corrected chi connectivity index (χ2v) is 4.80. The van der Waals surface area contributed by atoms with Crippen LogP contribution in [0.15, 0.2) is 30.3 Å². The number of hydrogen-bond donors (Lipinski definition) is 2. The molecule has 4 atom stereocenters. The number of carbonyl (C=O) groups is 2. The molecule has 130 valence electrons. The molecule has 24 heavy (non-hydrogen) atoms. The van der Waals surface area contributed by atoms with Gasteiger partial charge in [-0.2, -0.15) is 5.26 Å². The number of aliphatic hydroxyl groups excluding tert-OH is 2. The fourth-order valence-electron chi connectivity index (χ4n) is 2.08. The molecule has 0 fully saturated rings. The fourth-order valence-corrected chi connectivity index (χ4v) is 2.08. The highest BCUT2D eigenvalue weighted by Crippen LogP contribution is 2.24. The molecule has 8 nitrogen and oxygen atoms in total. The Kier molecular flexibility index (Phi) is 7.85. The number of hydrogen-bond acceptors (Lipinski definition) is 8. The lowest BCUT2D eigenvalue weighted by atomic mass is 9.97. The van der Waals surface area contributed by atoms with E-state index in [2.05, 4.69) is 9.47 Å². The van der Waals surface area contributed by atoms with Crippen molar-refractivity contribution in [1.29, 1.82) is 5.26 Å². The number of carbonyl (C=O) groups excluding carboxylic acids is 2. The van der Waals surface area contributed by atoms with Gasteiger partial charge in [0.25, 0.3) is 0 Å². The lowest BCUT2D eigenvalue weighted by Crippen LogP contribution is -2.47. The molecule has 0 spiro atoms. The van der Waals surface area contributed by atoms with Crippen LogP contribution in [0, 0.1) is 17.2 Å². The Morgan fingerprint density at radius 1 is 1.17 bits per heavy atom. The number of benzene rings is 1.